The van der Waals surface area contributed by atoms with Crippen LogP contribution in [-0.2, 0) is 9.53 Å². The normalized spacial score (nSPS) is 17.3. The van der Waals surface area contributed by atoms with E-state index in [1.165, 1.54) is 39.0 Å². The molecule has 1 aromatic rings. The Bertz CT molecular complexity index is 564. The van der Waals surface area contributed by atoms with Crippen molar-refractivity contribution in [3.8, 4) is 0 Å². The van der Waals surface area contributed by atoms with Crippen LogP contribution in [0.4, 0.5) is 0 Å². The van der Waals surface area contributed by atoms with E-state index in [9.17, 15) is 9.59 Å². The molecule has 1 aliphatic rings. The van der Waals surface area contributed by atoms with Crippen molar-refractivity contribution >= 4 is 11.9 Å². The van der Waals surface area contributed by atoms with Gasteiger partial charge in [0.05, 0.1) is 0 Å². The summed E-state index contributed by atoms with van der Waals surface area (Å²) in [6, 6.07) is 9.20. The lowest BCUT2D eigenvalue weighted by molar-refractivity contribution is -0.144. The molecule has 1 saturated carbocycles. The van der Waals surface area contributed by atoms with Crippen LogP contribution in [0.2, 0.25) is 0 Å². The van der Waals surface area contributed by atoms with Crippen LogP contribution < -0.4 is 5.32 Å². The Balaban J connectivity index is 2.02. The first kappa shape index (κ1) is 19.2. The number of carbonyl (C=O) groups is 2. The fourth-order valence-corrected chi connectivity index (χ4v) is 3.58. The predicted octanol–water partition coefficient (Wildman–Crippen LogP) is 4.26. The minimum absolute atomic E-state index is 0.0295. The molecule has 4 heteroatoms. The second-order valence-electron chi connectivity index (χ2n) is 6.90. The summed E-state index contributed by atoms with van der Waals surface area (Å²) in [5, 5.41) is 3.14. The standard InChI is InChI=1S/C21H29NO3/c1-3-20(25-16(2)23)15-19(14-17-10-6-4-7-11-17)22-21(24)18-12-8-5-9-13-18/h3,5,8-9,12-13,17,19-20H,1,4,6-7,10-11,14-15H2,2H3,(H,22,24)/t19-,20+/m0/s1. The average molecular weight is 343 g/mol. The molecule has 0 aliphatic heterocycles. The van der Waals surface area contributed by atoms with Gasteiger partial charge in [0.15, 0.2) is 0 Å². The lowest BCUT2D eigenvalue weighted by Crippen LogP contribution is -2.39. The summed E-state index contributed by atoms with van der Waals surface area (Å²) >= 11 is 0. The average Bonchev–Trinajstić information content (AvgIpc) is 2.62. The number of ether oxygens (including phenoxy) is 1. The van der Waals surface area contributed by atoms with Crippen molar-refractivity contribution in [1.29, 1.82) is 0 Å². The molecule has 1 amide bonds. The highest BCUT2D eigenvalue weighted by atomic mass is 16.5. The molecule has 0 unspecified atom stereocenters. The van der Waals surface area contributed by atoms with Crippen LogP contribution in [-0.4, -0.2) is 24.0 Å². The monoisotopic (exact) mass is 343 g/mol. The van der Waals surface area contributed by atoms with Gasteiger partial charge in [0.2, 0.25) is 0 Å². The van der Waals surface area contributed by atoms with Crippen LogP contribution in [0.25, 0.3) is 0 Å². The van der Waals surface area contributed by atoms with Gasteiger partial charge in [-0.1, -0.05) is 63.0 Å². The first-order chi connectivity index (χ1) is 12.1. The highest BCUT2D eigenvalue weighted by Crippen LogP contribution is 2.28. The number of hydrogen-bond acceptors (Lipinski definition) is 3. The van der Waals surface area contributed by atoms with E-state index in [1.807, 2.05) is 30.3 Å². The summed E-state index contributed by atoms with van der Waals surface area (Å²) in [6.07, 6.45) is 9.01. The number of benzene rings is 1. The van der Waals surface area contributed by atoms with E-state index in [2.05, 4.69) is 11.9 Å². The van der Waals surface area contributed by atoms with Crippen molar-refractivity contribution in [2.75, 3.05) is 0 Å². The molecule has 0 radical (unpaired) electrons. The minimum atomic E-state index is -0.373. The highest BCUT2D eigenvalue weighted by Gasteiger charge is 2.24. The van der Waals surface area contributed by atoms with Gasteiger partial charge in [0.1, 0.15) is 6.10 Å². The second kappa shape index (κ2) is 10.0. The van der Waals surface area contributed by atoms with Gasteiger partial charge in [-0.25, -0.2) is 0 Å². The molecule has 1 fully saturated rings. The highest BCUT2D eigenvalue weighted by molar-refractivity contribution is 5.94. The van der Waals surface area contributed by atoms with Crippen molar-refractivity contribution in [2.45, 2.75) is 64.0 Å². The molecule has 0 heterocycles. The quantitative estimate of drug-likeness (QED) is 0.567. The zero-order valence-corrected chi connectivity index (χ0v) is 15.1. The molecular formula is C21H29NO3. The van der Waals surface area contributed by atoms with E-state index in [1.54, 1.807) is 6.08 Å². The molecular weight excluding hydrogens is 314 g/mol. The molecule has 1 aliphatic carbocycles. The topological polar surface area (TPSA) is 55.4 Å². The first-order valence-electron chi connectivity index (χ1n) is 9.24. The van der Waals surface area contributed by atoms with E-state index in [0.717, 1.165) is 6.42 Å². The lowest BCUT2D eigenvalue weighted by atomic mass is 9.83. The first-order valence-corrected chi connectivity index (χ1v) is 9.24. The fourth-order valence-electron chi connectivity index (χ4n) is 3.58. The maximum Gasteiger partial charge on any atom is 0.303 e. The molecule has 2 rings (SSSR count). The van der Waals surface area contributed by atoms with Crippen molar-refractivity contribution in [1.82, 2.24) is 5.32 Å². The van der Waals surface area contributed by atoms with Crippen LogP contribution in [0.15, 0.2) is 43.0 Å². The zero-order valence-electron chi connectivity index (χ0n) is 15.1. The second-order valence-corrected chi connectivity index (χ2v) is 6.90. The largest absolute Gasteiger partial charge is 0.458 e. The summed E-state index contributed by atoms with van der Waals surface area (Å²) in [7, 11) is 0. The number of amides is 1. The summed E-state index contributed by atoms with van der Waals surface area (Å²) in [4.78, 5) is 23.8. The maximum absolute atomic E-state index is 12.5. The van der Waals surface area contributed by atoms with Crippen molar-refractivity contribution < 1.29 is 14.3 Å². The summed E-state index contributed by atoms with van der Waals surface area (Å²) < 4.78 is 5.30. The Morgan fingerprint density at radius 2 is 1.92 bits per heavy atom. The van der Waals surface area contributed by atoms with Gasteiger partial charge in [-0.3, -0.25) is 9.59 Å². The Kier molecular flexibility index (Phi) is 7.71. The minimum Gasteiger partial charge on any atom is -0.458 e. The molecule has 0 spiro atoms. The smallest absolute Gasteiger partial charge is 0.303 e. The number of esters is 1. The summed E-state index contributed by atoms with van der Waals surface area (Å²) in [6.45, 7) is 5.16. The third kappa shape index (κ3) is 6.73. The van der Waals surface area contributed by atoms with Crippen molar-refractivity contribution in [3.05, 3.63) is 48.6 Å². The molecule has 0 aromatic heterocycles. The van der Waals surface area contributed by atoms with Crippen LogP contribution in [0.1, 0.15) is 62.2 Å². The van der Waals surface area contributed by atoms with Gasteiger partial charge in [-0.05, 0) is 24.5 Å². The number of hydrogen-bond donors (Lipinski definition) is 1. The SMILES string of the molecule is C=C[C@H](C[C@H](CC1CCCCC1)NC(=O)c1ccccc1)OC(C)=O. The third-order valence-corrected chi connectivity index (χ3v) is 4.81. The summed E-state index contributed by atoms with van der Waals surface area (Å²) in [5.41, 5.74) is 0.652. The molecule has 1 aromatic carbocycles. The van der Waals surface area contributed by atoms with E-state index >= 15 is 0 Å². The molecule has 0 saturated heterocycles. The van der Waals surface area contributed by atoms with Gasteiger partial charge in [0.25, 0.3) is 5.91 Å². The molecule has 1 N–H and O–H groups in total. The Labute approximate surface area is 150 Å². The van der Waals surface area contributed by atoms with E-state index in [4.69, 9.17) is 4.74 Å². The van der Waals surface area contributed by atoms with Gasteiger partial charge in [0, 0.05) is 24.9 Å². The van der Waals surface area contributed by atoms with Crippen LogP contribution in [0.3, 0.4) is 0 Å². The lowest BCUT2D eigenvalue weighted by Gasteiger charge is -2.29. The van der Waals surface area contributed by atoms with Crippen molar-refractivity contribution in [2.24, 2.45) is 5.92 Å². The predicted molar refractivity (Wildman–Crippen MR) is 99.3 cm³/mol. The molecule has 136 valence electrons. The molecule has 2 atom stereocenters. The molecule has 4 nitrogen and oxygen atoms in total. The maximum atomic E-state index is 12.5. The van der Waals surface area contributed by atoms with Gasteiger partial charge >= 0.3 is 5.97 Å². The number of carbonyl (C=O) groups excluding carboxylic acids is 2. The zero-order chi connectivity index (χ0) is 18.1. The molecule has 0 bridgehead atoms. The Hall–Kier alpha value is -2.10. The van der Waals surface area contributed by atoms with Gasteiger partial charge in [-0.2, -0.15) is 0 Å². The van der Waals surface area contributed by atoms with Gasteiger partial charge < -0.3 is 10.1 Å². The van der Waals surface area contributed by atoms with Crippen molar-refractivity contribution in [3.63, 3.8) is 0 Å². The summed E-state index contributed by atoms with van der Waals surface area (Å²) in [5.74, 6) is 0.223. The van der Waals surface area contributed by atoms with Crippen LogP contribution in [0.5, 0.6) is 0 Å². The van der Waals surface area contributed by atoms with Crippen LogP contribution in [0, 0.1) is 5.92 Å². The number of rotatable bonds is 8. The number of nitrogens with one attached hydrogen (secondary N) is 1. The Morgan fingerprint density at radius 1 is 1.24 bits per heavy atom. The van der Waals surface area contributed by atoms with Crippen LogP contribution >= 0.6 is 0 Å². The van der Waals surface area contributed by atoms with Gasteiger partial charge in [-0.15, -0.1) is 0 Å². The Morgan fingerprint density at radius 3 is 2.52 bits per heavy atom. The van der Waals surface area contributed by atoms with E-state index < -0.39 is 0 Å². The fraction of sp³-hybridized carbons (Fsp3) is 0.524. The van der Waals surface area contributed by atoms with E-state index in [0.29, 0.717) is 17.9 Å². The third-order valence-electron chi connectivity index (χ3n) is 4.81. The molecule has 25 heavy (non-hydrogen) atoms. The van der Waals surface area contributed by atoms with E-state index in [-0.39, 0.29) is 24.0 Å².